The van der Waals surface area contributed by atoms with Crippen molar-refractivity contribution in [2.24, 2.45) is 12.0 Å². The molecule has 1 saturated heterocycles. The number of nitrogens with one attached hydrogen (secondary N) is 2. The van der Waals surface area contributed by atoms with Crippen molar-refractivity contribution in [2.75, 3.05) is 25.0 Å². The lowest BCUT2D eigenvalue weighted by Gasteiger charge is -2.16. The summed E-state index contributed by atoms with van der Waals surface area (Å²) in [7, 11) is 3.75. The monoisotopic (exact) mass is 355 g/mol. The molecule has 0 spiro atoms. The van der Waals surface area contributed by atoms with Gasteiger partial charge in [-0.1, -0.05) is 6.07 Å². The zero-order valence-corrected chi connectivity index (χ0v) is 16.2. The molecule has 7 nitrogen and oxygen atoms in total. The van der Waals surface area contributed by atoms with Crippen LogP contribution in [-0.2, 0) is 20.1 Å². The molecular formula is C19H29N7. The van der Waals surface area contributed by atoms with Gasteiger partial charge in [0, 0.05) is 57.7 Å². The molecule has 1 fully saturated rings. The Morgan fingerprint density at radius 2 is 1.88 bits per heavy atom. The van der Waals surface area contributed by atoms with Crippen LogP contribution in [0.3, 0.4) is 0 Å². The van der Waals surface area contributed by atoms with Crippen molar-refractivity contribution in [3.8, 4) is 0 Å². The van der Waals surface area contributed by atoms with Crippen molar-refractivity contribution in [3.05, 3.63) is 40.8 Å². The van der Waals surface area contributed by atoms with E-state index in [1.807, 2.05) is 24.9 Å². The SMILES string of the molecule is CN=C(NCc1ccc(N2CCCC2)nc1)NCc1c(C)nn(C)c1C. The van der Waals surface area contributed by atoms with Crippen LogP contribution in [0.25, 0.3) is 0 Å². The molecule has 26 heavy (non-hydrogen) atoms. The molecule has 2 aromatic heterocycles. The molecular weight excluding hydrogens is 326 g/mol. The molecule has 0 aromatic carbocycles. The second-order valence-electron chi connectivity index (χ2n) is 6.77. The molecule has 1 aliphatic rings. The topological polar surface area (TPSA) is 70.4 Å². The maximum atomic E-state index is 4.60. The van der Waals surface area contributed by atoms with Crippen LogP contribution < -0.4 is 15.5 Å². The smallest absolute Gasteiger partial charge is 0.191 e. The van der Waals surface area contributed by atoms with E-state index < -0.39 is 0 Å². The first-order valence-electron chi connectivity index (χ1n) is 9.22. The van der Waals surface area contributed by atoms with Gasteiger partial charge >= 0.3 is 0 Å². The Morgan fingerprint density at radius 1 is 1.15 bits per heavy atom. The van der Waals surface area contributed by atoms with Gasteiger partial charge in [-0.15, -0.1) is 0 Å². The van der Waals surface area contributed by atoms with Gasteiger partial charge in [0.25, 0.3) is 0 Å². The van der Waals surface area contributed by atoms with Gasteiger partial charge in [0.15, 0.2) is 5.96 Å². The Kier molecular flexibility index (Phi) is 5.75. The van der Waals surface area contributed by atoms with Crippen molar-refractivity contribution in [3.63, 3.8) is 0 Å². The minimum Gasteiger partial charge on any atom is -0.357 e. The van der Waals surface area contributed by atoms with Gasteiger partial charge in [-0.05, 0) is 38.3 Å². The summed E-state index contributed by atoms with van der Waals surface area (Å²) in [6, 6.07) is 4.25. The molecule has 1 aliphatic heterocycles. The summed E-state index contributed by atoms with van der Waals surface area (Å²) in [4.78, 5) is 11.2. The summed E-state index contributed by atoms with van der Waals surface area (Å²) in [6.45, 7) is 7.76. The number of hydrogen-bond donors (Lipinski definition) is 2. The molecule has 140 valence electrons. The fourth-order valence-corrected chi connectivity index (χ4v) is 3.31. The summed E-state index contributed by atoms with van der Waals surface area (Å²) >= 11 is 0. The van der Waals surface area contributed by atoms with Gasteiger partial charge in [-0.25, -0.2) is 4.98 Å². The summed E-state index contributed by atoms with van der Waals surface area (Å²) in [6.07, 6.45) is 4.48. The molecule has 3 heterocycles. The number of hydrogen-bond acceptors (Lipinski definition) is 4. The number of aromatic nitrogens is 3. The van der Waals surface area contributed by atoms with E-state index >= 15 is 0 Å². The highest BCUT2D eigenvalue weighted by Crippen LogP contribution is 2.17. The van der Waals surface area contributed by atoms with E-state index in [1.54, 1.807) is 7.05 Å². The van der Waals surface area contributed by atoms with Gasteiger partial charge in [-0.2, -0.15) is 5.10 Å². The minimum absolute atomic E-state index is 0.692. The third-order valence-corrected chi connectivity index (χ3v) is 5.01. The summed E-state index contributed by atoms with van der Waals surface area (Å²) in [5.74, 6) is 1.85. The van der Waals surface area contributed by atoms with Crippen molar-refractivity contribution < 1.29 is 0 Å². The Balaban J connectivity index is 1.52. The van der Waals surface area contributed by atoms with E-state index in [0.717, 1.165) is 36.1 Å². The van der Waals surface area contributed by atoms with Crippen LogP contribution in [0.1, 0.15) is 35.4 Å². The highest BCUT2D eigenvalue weighted by Gasteiger charge is 2.13. The summed E-state index contributed by atoms with van der Waals surface area (Å²) < 4.78 is 1.91. The van der Waals surface area contributed by atoms with Crippen LogP contribution in [0.4, 0.5) is 5.82 Å². The molecule has 7 heteroatoms. The van der Waals surface area contributed by atoms with Gasteiger partial charge in [0.05, 0.1) is 5.69 Å². The Bertz CT molecular complexity index is 755. The molecule has 0 bridgehead atoms. The number of aryl methyl sites for hydroxylation is 2. The fourth-order valence-electron chi connectivity index (χ4n) is 3.31. The van der Waals surface area contributed by atoms with E-state index in [1.165, 1.54) is 24.1 Å². The highest BCUT2D eigenvalue weighted by molar-refractivity contribution is 5.79. The van der Waals surface area contributed by atoms with Crippen LogP contribution in [-0.4, -0.2) is 40.9 Å². The van der Waals surface area contributed by atoms with E-state index in [4.69, 9.17) is 0 Å². The quantitative estimate of drug-likeness (QED) is 0.633. The predicted octanol–water partition coefficient (Wildman–Crippen LogP) is 1.90. The Morgan fingerprint density at radius 3 is 2.46 bits per heavy atom. The first-order valence-corrected chi connectivity index (χ1v) is 9.22. The lowest BCUT2D eigenvalue weighted by Crippen LogP contribution is -2.36. The Labute approximate surface area is 155 Å². The largest absolute Gasteiger partial charge is 0.357 e. The van der Waals surface area contributed by atoms with Crippen molar-refractivity contribution in [2.45, 2.75) is 39.8 Å². The zero-order valence-electron chi connectivity index (χ0n) is 16.2. The van der Waals surface area contributed by atoms with Crippen LogP contribution in [0.5, 0.6) is 0 Å². The standard InChI is InChI=1S/C19H29N7/c1-14-17(15(2)25(4)24-14)13-23-19(20-3)22-12-16-7-8-18(21-11-16)26-9-5-6-10-26/h7-8,11H,5-6,9-10,12-13H2,1-4H3,(H2,20,22,23). The van der Waals surface area contributed by atoms with Crippen molar-refractivity contribution in [1.29, 1.82) is 0 Å². The lowest BCUT2D eigenvalue weighted by atomic mass is 10.2. The first kappa shape index (κ1) is 18.2. The molecule has 0 radical (unpaired) electrons. The predicted molar refractivity (Wildman–Crippen MR) is 105 cm³/mol. The molecule has 0 atom stereocenters. The van der Waals surface area contributed by atoms with E-state index in [0.29, 0.717) is 13.1 Å². The molecule has 2 N–H and O–H groups in total. The number of aliphatic imine (C=N–C) groups is 1. The van der Waals surface area contributed by atoms with Crippen molar-refractivity contribution in [1.82, 2.24) is 25.4 Å². The zero-order chi connectivity index (χ0) is 18.5. The number of rotatable bonds is 5. The van der Waals surface area contributed by atoms with Gasteiger partial charge < -0.3 is 15.5 Å². The molecule has 2 aromatic rings. The average Bonchev–Trinajstić information content (AvgIpc) is 3.26. The molecule has 0 saturated carbocycles. The number of pyridine rings is 1. The van der Waals surface area contributed by atoms with Gasteiger partial charge in [-0.3, -0.25) is 9.67 Å². The number of nitrogens with zero attached hydrogens (tertiary/aromatic N) is 5. The first-order chi connectivity index (χ1) is 12.6. The fraction of sp³-hybridized carbons (Fsp3) is 0.526. The average molecular weight is 355 g/mol. The van der Waals surface area contributed by atoms with E-state index in [2.05, 4.69) is 49.7 Å². The number of anilines is 1. The Hall–Kier alpha value is -2.57. The molecule has 0 amide bonds. The normalized spacial score (nSPS) is 14.8. The lowest BCUT2D eigenvalue weighted by molar-refractivity contribution is 0.728. The van der Waals surface area contributed by atoms with Crippen molar-refractivity contribution >= 4 is 11.8 Å². The van der Waals surface area contributed by atoms with Gasteiger partial charge in [0.1, 0.15) is 5.82 Å². The van der Waals surface area contributed by atoms with Gasteiger partial charge in [0.2, 0.25) is 0 Å². The molecule has 0 unspecified atom stereocenters. The summed E-state index contributed by atoms with van der Waals surface area (Å²) in [5.41, 5.74) is 4.58. The van der Waals surface area contributed by atoms with Crippen LogP contribution >= 0.6 is 0 Å². The second-order valence-corrected chi connectivity index (χ2v) is 6.77. The van der Waals surface area contributed by atoms with Crippen LogP contribution in [0.15, 0.2) is 23.3 Å². The third-order valence-electron chi connectivity index (χ3n) is 5.01. The molecule has 3 rings (SSSR count). The van der Waals surface area contributed by atoms with Crippen LogP contribution in [0.2, 0.25) is 0 Å². The van der Waals surface area contributed by atoms with E-state index in [9.17, 15) is 0 Å². The minimum atomic E-state index is 0.692. The van der Waals surface area contributed by atoms with Crippen LogP contribution in [0, 0.1) is 13.8 Å². The second kappa shape index (κ2) is 8.21. The maximum absolute atomic E-state index is 4.60. The maximum Gasteiger partial charge on any atom is 0.191 e. The third kappa shape index (κ3) is 4.15. The summed E-state index contributed by atoms with van der Waals surface area (Å²) in [5, 5.41) is 11.2. The number of guanidine groups is 1. The molecule has 0 aliphatic carbocycles. The van der Waals surface area contributed by atoms with E-state index in [-0.39, 0.29) is 0 Å². The highest BCUT2D eigenvalue weighted by atomic mass is 15.3.